The average molecular weight is 318 g/mol. The van der Waals surface area contributed by atoms with E-state index in [1.54, 1.807) is 0 Å². The van der Waals surface area contributed by atoms with Gasteiger partial charge in [-0.2, -0.15) is 0 Å². The van der Waals surface area contributed by atoms with Gasteiger partial charge < -0.3 is 10.4 Å². The molecule has 0 aliphatic heterocycles. The number of carbonyl (C=O) groups is 1. The van der Waals surface area contributed by atoms with Crippen molar-refractivity contribution in [1.82, 2.24) is 9.29 Å². The smallest absolute Gasteiger partial charge is 0.339 e. The Labute approximate surface area is 120 Å². The van der Waals surface area contributed by atoms with Gasteiger partial charge in [-0.25, -0.2) is 22.5 Å². The molecule has 0 spiro atoms. The summed E-state index contributed by atoms with van der Waals surface area (Å²) < 4.78 is 24.1. The summed E-state index contributed by atoms with van der Waals surface area (Å²) in [5, 5.41) is 22.1. The lowest BCUT2D eigenvalue weighted by molar-refractivity contribution is -0.385. The molecule has 1 aromatic rings. The van der Waals surface area contributed by atoms with Gasteiger partial charge in [-0.05, 0) is 0 Å². The van der Waals surface area contributed by atoms with Crippen LogP contribution >= 0.6 is 0 Å². The van der Waals surface area contributed by atoms with Crippen LogP contribution in [0.1, 0.15) is 10.4 Å². The second kappa shape index (κ2) is 6.45. The lowest BCUT2D eigenvalue weighted by Gasteiger charge is -2.12. The zero-order valence-electron chi connectivity index (χ0n) is 11.3. The van der Waals surface area contributed by atoms with E-state index in [1.807, 2.05) is 0 Å². The number of anilines is 1. The number of carboxylic acids is 1. The molecule has 11 heteroatoms. The van der Waals surface area contributed by atoms with E-state index in [0.717, 1.165) is 16.6 Å². The second-order valence-electron chi connectivity index (χ2n) is 4.18. The van der Waals surface area contributed by atoms with Gasteiger partial charge >= 0.3 is 5.97 Å². The predicted octanol–water partition coefficient (Wildman–Crippen LogP) is -0.00870. The highest BCUT2D eigenvalue weighted by molar-refractivity contribution is 7.89. The number of hydrogen-bond donors (Lipinski definition) is 2. The van der Waals surface area contributed by atoms with Crippen molar-refractivity contribution in [3.05, 3.63) is 27.9 Å². The summed E-state index contributed by atoms with van der Waals surface area (Å²) in [5.74, 6) is -1.79. The molecule has 0 aliphatic carbocycles. The van der Waals surface area contributed by atoms with E-state index in [4.69, 9.17) is 5.11 Å². The largest absolute Gasteiger partial charge is 0.478 e. The highest BCUT2D eigenvalue weighted by Gasteiger charge is 2.18. The maximum absolute atomic E-state index is 11.5. The van der Waals surface area contributed by atoms with Crippen molar-refractivity contribution < 1.29 is 23.2 Å². The Bertz CT molecular complexity index is 658. The van der Waals surface area contributed by atoms with Crippen LogP contribution in [0.5, 0.6) is 0 Å². The summed E-state index contributed by atoms with van der Waals surface area (Å²) in [6.07, 6.45) is 0.898. The minimum Gasteiger partial charge on any atom is -0.478 e. The van der Waals surface area contributed by atoms with Crippen LogP contribution in [0.2, 0.25) is 0 Å². The summed E-state index contributed by atoms with van der Waals surface area (Å²) in [6, 6.07) is 0.859. The van der Waals surface area contributed by atoms with E-state index >= 15 is 0 Å². The van der Waals surface area contributed by atoms with Crippen LogP contribution in [0.4, 0.5) is 11.5 Å². The van der Waals surface area contributed by atoms with Crippen molar-refractivity contribution in [3.8, 4) is 0 Å². The third-order valence-corrected chi connectivity index (χ3v) is 4.36. The lowest BCUT2D eigenvalue weighted by Crippen LogP contribution is -2.28. The molecular formula is C10H14N4O6S. The summed E-state index contributed by atoms with van der Waals surface area (Å²) in [6.45, 7) is -0.0778. The van der Waals surface area contributed by atoms with E-state index < -0.39 is 32.2 Å². The van der Waals surface area contributed by atoms with Gasteiger partial charge in [0.05, 0.1) is 10.7 Å². The summed E-state index contributed by atoms with van der Waals surface area (Å²) in [7, 11) is -0.681. The van der Waals surface area contributed by atoms with E-state index in [2.05, 4.69) is 10.3 Å². The zero-order chi connectivity index (χ0) is 16.2. The van der Waals surface area contributed by atoms with Gasteiger partial charge in [0.1, 0.15) is 17.6 Å². The molecule has 116 valence electrons. The Balaban J connectivity index is 2.89. The molecule has 0 saturated carbocycles. The molecule has 10 nitrogen and oxygen atoms in total. The topological polar surface area (TPSA) is 143 Å². The van der Waals surface area contributed by atoms with E-state index in [0.29, 0.717) is 0 Å². The monoisotopic (exact) mass is 318 g/mol. The number of aromatic nitrogens is 1. The van der Waals surface area contributed by atoms with Gasteiger partial charge in [-0.3, -0.25) is 10.1 Å². The number of rotatable bonds is 7. The number of sulfonamides is 1. The van der Waals surface area contributed by atoms with Crippen molar-refractivity contribution in [1.29, 1.82) is 0 Å². The van der Waals surface area contributed by atoms with Crippen LogP contribution in [0.15, 0.2) is 12.3 Å². The van der Waals surface area contributed by atoms with E-state index in [9.17, 15) is 23.3 Å². The Hall–Kier alpha value is -2.27. The van der Waals surface area contributed by atoms with Gasteiger partial charge in [-0.1, -0.05) is 0 Å². The van der Waals surface area contributed by atoms with Crippen LogP contribution in [-0.2, 0) is 10.0 Å². The molecule has 0 amide bonds. The summed E-state index contributed by atoms with van der Waals surface area (Å²) >= 11 is 0. The fourth-order valence-electron chi connectivity index (χ4n) is 1.34. The summed E-state index contributed by atoms with van der Waals surface area (Å²) in [4.78, 5) is 24.5. The van der Waals surface area contributed by atoms with Crippen molar-refractivity contribution in [3.63, 3.8) is 0 Å². The molecule has 1 rings (SSSR count). The van der Waals surface area contributed by atoms with Gasteiger partial charge in [-0.15, -0.1) is 0 Å². The average Bonchev–Trinajstić information content (AvgIpc) is 2.38. The Morgan fingerprint density at radius 1 is 1.52 bits per heavy atom. The predicted molar refractivity (Wildman–Crippen MR) is 73.8 cm³/mol. The van der Waals surface area contributed by atoms with Crippen molar-refractivity contribution >= 4 is 27.5 Å². The highest BCUT2D eigenvalue weighted by Crippen LogP contribution is 2.19. The van der Waals surface area contributed by atoms with Crippen molar-refractivity contribution in [2.45, 2.75) is 0 Å². The molecule has 0 saturated heterocycles. The molecule has 0 fully saturated rings. The van der Waals surface area contributed by atoms with Gasteiger partial charge in [0.15, 0.2) is 0 Å². The van der Waals surface area contributed by atoms with Crippen LogP contribution in [-0.4, -0.2) is 60.1 Å². The molecule has 1 aromatic heterocycles. The van der Waals surface area contributed by atoms with Gasteiger partial charge in [0, 0.05) is 26.7 Å². The first-order valence-corrected chi connectivity index (χ1v) is 7.28. The number of carboxylic acid groups (broad SMARTS) is 1. The first-order valence-electron chi connectivity index (χ1n) is 5.67. The molecule has 1 heterocycles. The SMILES string of the molecule is CN(C)S(=O)(=O)CCNc1ncc([N+](=O)[O-])cc1C(=O)O. The minimum atomic E-state index is -3.44. The molecule has 0 radical (unpaired) electrons. The number of nitro groups is 1. The molecule has 0 aliphatic rings. The maximum atomic E-state index is 11.5. The summed E-state index contributed by atoms with van der Waals surface area (Å²) in [5.41, 5.74) is -0.856. The zero-order valence-corrected chi connectivity index (χ0v) is 12.1. The van der Waals surface area contributed by atoms with Crippen LogP contribution < -0.4 is 5.32 Å². The second-order valence-corrected chi connectivity index (χ2v) is 6.48. The third-order valence-electron chi connectivity index (χ3n) is 2.52. The minimum absolute atomic E-state index is 0.0778. The maximum Gasteiger partial charge on any atom is 0.339 e. The third kappa shape index (κ3) is 4.36. The van der Waals surface area contributed by atoms with E-state index in [1.165, 1.54) is 14.1 Å². The van der Waals surface area contributed by atoms with E-state index in [-0.39, 0.29) is 18.1 Å². The quantitative estimate of drug-likeness (QED) is 0.528. The highest BCUT2D eigenvalue weighted by atomic mass is 32.2. The molecule has 0 aromatic carbocycles. The van der Waals surface area contributed by atoms with Crippen LogP contribution in [0.3, 0.4) is 0 Å². The Morgan fingerprint density at radius 3 is 2.62 bits per heavy atom. The number of pyridine rings is 1. The number of nitrogens with zero attached hydrogens (tertiary/aromatic N) is 3. The van der Waals surface area contributed by atoms with Gasteiger partial charge in [0.25, 0.3) is 5.69 Å². The molecule has 21 heavy (non-hydrogen) atoms. The van der Waals surface area contributed by atoms with Crippen molar-refractivity contribution in [2.75, 3.05) is 31.7 Å². The molecule has 0 atom stereocenters. The van der Waals surface area contributed by atoms with Crippen LogP contribution in [0.25, 0.3) is 0 Å². The van der Waals surface area contributed by atoms with Gasteiger partial charge in [0.2, 0.25) is 10.0 Å². The Kier molecular flexibility index (Phi) is 5.16. The number of hydrogen-bond acceptors (Lipinski definition) is 7. The fourth-order valence-corrected chi connectivity index (χ4v) is 2.06. The number of nitrogens with one attached hydrogen (secondary N) is 1. The lowest BCUT2D eigenvalue weighted by atomic mass is 10.2. The molecule has 0 bridgehead atoms. The number of aromatic carboxylic acids is 1. The first-order chi connectivity index (χ1) is 9.65. The first kappa shape index (κ1) is 16.8. The molecular weight excluding hydrogens is 304 g/mol. The van der Waals surface area contributed by atoms with Crippen LogP contribution in [0, 0.1) is 10.1 Å². The molecule has 0 unspecified atom stereocenters. The molecule has 2 N–H and O–H groups in total. The standard InChI is InChI=1S/C10H14N4O6S/c1-13(2)21(19,20)4-3-11-9-8(10(15)16)5-7(6-12-9)14(17)18/h5-6H,3-4H2,1-2H3,(H,11,12)(H,15,16). The normalized spacial score (nSPS) is 11.4. The van der Waals surface area contributed by atoms with Crippen molar-refractivity contribution in [2.24, 2.45) is 0 Å². The Morgan fingerprint density at radius 2 is 2.14 bits per heavy atom. The fraction of sp³-hybridized carbons (Fsp3) is 0.400.